The number of nitrogens with one attached hydrogen (secondary N) is 1. The molecule has 0 radical (unpaired) electrons. The first kappa shape index (κ1) is 14.8. The molecule has 1 aliphatic rings. The quantitative estimate of drug-likeness (QED) is 0.891. The van der Waals surface area contributed by atoms with Crippen LogP contribution in [0.25, 0.3) is 0 Å². The molecule has 0 saturated carbocycles. The van der Waals surface area contributed by atoms with Crippen LogP contribution in [-0.2, 0) is 4.79 Å². The van der Waals surface area contributed by atoms with Crippen molar-refractivity contribution >= 4 is 23.3 Å². The van der Waals surface area contributed by atoms with Crippen LogP contribution in [0.1, 0.15) is 37.2 Å². The summed E-state index contributed by atoms with van der Waals surface area (Å²) < 4.78 is 0. The molecule has 0 aromatic carbocycles. The predicted molar refractivity (Wildman–Crippen MR) is 75.6 cm³/mol. The molecular weight excluding hydrogens is 278 g/mol. The van der Waals surface area contributed by atoms with Gasteiger partial charge in [-0.2, -0.15) is 0 Å². The molecule has 0 aliphatic carbocycles. The normalized spacial score (nSPS) is 20.4. The highest BCUT2D eigenvalue weighted by Crippen LogP contribution is 2.21. The molecule has 1 aliphatic heterocycles. The molecule has 1 aromatic rings. The monoisotopic (exact) mass is 297 g/mol. The number of nitrogens with zero attached hydrogens (tertiary/aromatic N) is 2. The number of urea groups is 1. The molecule has 0 spiro atoms. The fourth-order valence-electron chi connectivity index (χ4n) is 2.35. The Labute approximate surface area is 121 Å². The number of carboxylic acids is 1. The van der Waals surface area contributed by atoms with Crippen molar-refractivity contribution in [2.75, 3.05) is 13.1 Å². The SMILES string of the molecule is CCC(NC(=O)N1CCC[C@@H](C(=O)O)C1)c1nccs1. The Balaban J connectivity index is 1.95. The van der Waals surface area contributed by atoms with Gasteiger partial charge in [-0.05, 0) is 19.3 Å². The van der Waals surface area contributed by atoms with Gasteiger partial charge in [-0.25, -0.2) is 9.78 Å². The molecule has 0 bridgehead atoms. The molecule has 2 amide bonds. The smallest absolute Gasteiger partial charge is 0.317 e. The van der Waals surface area contributed by atoms with Crippen LogP contribution in [-0.4, -0.2) is 40.1 Å². The van der Waals surface area contributed by atoms with E-state index in [1.165, 1.54) is 11.3 Å². The fourth-order valence-corrected chi connectivity index (χ4v) is 3.12. The third kappa shape index (κ3) is 3.47. The molecule has 2 heterocycles. The third-order valence-corrected chi connectivity index (χ3v) is 4.40. The summed E-state index contributed by atoms with van der Waals surface area (Å²) in [5.41, 5.74) is 0. The van der Waals surface area contributed by atoms with Gasteiger partial charge in [-0.15, -0.1) is 11.3 Å². The van der Waals surface area contributed by atoms with Crippen molar-refractivity contribution in [3.63, 3.8) is 0 Å². The van der Waals surface area contributed by atoms with E-state index in [9.17, 15) is 9.59 Å². The summed E-state index contributed by atoms with van der Waals surface area (Å²) in [6.07, 6.45) is 3.85. The Hall–Kier alpha value is -1.63. The highest BCUT2D eigenvalue weighted by molar-refractivity contribution is 7.09. The molecule has 1 aromatic heterocycles. The van der Waals surface area contributed by atoms with Gasteiger partial charge in [0.15, 0.2) is 0 Å². The number of carboxylic acid groups (broad SMARTS) is 1. The van der Waals surface area contributed by atoms with E-state index in [0.29, 0.717) is 13.0 Å². The molecule has 1 fully saturated rings. The lowest BCUT2D eigenvalue weighted by Gasteiger charge is -2.31. The predicted octanol–water partition coefficient (Wildman–Crippen LogP) is 2.10. The minimum Gasteiger partial charge on any atom is -0.481 e. The molecule has 2 N–H and O–H groups in total. The summed E-state index contributed by atoms with van der Waals surface area (Å²) >= 11 is 1.51. The van der Waals surface area contributed by atoms with Gasteiger partial charge in [-0.3, -0.25) is 4.79 Å². The Kier molecular flexibility index (Phi) is 4.94. The zero-order chi connectivity index (χ0) is 14.5. The van der Waals surface area contributed by atoms with Crippen LogP contribution < -0.4 is 5.32 Å². The second kappa shape index (κ2) is 6.69. The van der Waals surface area contributed by atoms with Crippen molar-refractivity contribution in [1.29, 1.82) is 0 Å². The lowest BCUT2D eigenvalue weighted by molar-refractivity contribution is -0.143. The standard InChI is InChI=1S/C13H19N3O3S/c1-2-10(11-14-5-7-20-11)15-13(19)16-6-3-4-9(8-16)12(17)18/h5,7,9-10H,2-4,6,8H2,1H3,(H,15,19)(H,17,18)/t9-,10?/m1/s1. The van der Waals surface area contributed by atoms with E-state index >= 15 is 0 Å². The zero-order valence-electron chi connectivity index (χ0n) is 11.4. The first-order valence-corrected chi connectivity index (χ1v) is 7.67. The van der Waals surface area contributed by atoms with Gasteiger partial charge in [-0.1, -0.05) is 6.92 Å². The zero-order valence-corrected chi connectivity index (χ0v) is 12.2. The maximum absolute atomic E-state index is 12.2. The molecule has 110 valence electrons. The van der Waals surface area contributed by atoms with Gasteiger partial charge in [0.2, 0.25) is 0 Å². The lowest BCUT2D eigenvalue weighted by Crippen LogP contribution is -2.47. The van der Waals surface area contributed by atoms with E-state index in [-0.39, 0.29) is 18.6 Å². The van der Waals surface area contributed by atoms with Crippen molar-refractivity contribution in [1.82, 2.24) is 15.2 Å². The van der Waals surface area contributed by atoms with Crippen LogP contribution in [0, 0.1) is 5.92 Å². The molecular formula is C13H19N3O3S. The van der Waals surface area contributed by atoms with E-state index in [1.54, 1.807) is 11.1 Å². The minimum absolute atomic E-state index is 0.104. The average molecular weight is 297 g/mol. The highest BCUT2D eigenvalue weighted by atomic mass is 32.1. The van der Waals surface area contributed by atoms with E-state index < -0.39 is 11.9 Å². The van der Waals surface area contributed by atoms with Gasteiger partial charge in [0.1, 0.15) is 5.01 Å². The summed E-state index contributed by atoms with van der Waals surface area (Å²) in [5, 5.41) is 14.8. The minimum atomic E-state index is -0.825. The molecule has 7 heteroatoms. The first-order valence-electron chi connectivity index (χ1n) is 6.79. The summed E-state index contributed by atoms with van der Waals surface area (Å²) in [5.74, 6) is -1.27. The topological polar surface area (TPSA) is 82.5 Å². The van der Waals surface area contributed by atoms with Crippen LogP contribution in [0.2, 0.25) is 0 Å². The Bertz CT molecular complexity index is 463. The molecule has 20 heavy (non-hydrogen) atoms. The maximum Gasteiger partial charge on any atom is 0.317 e. The second-order valence-corrected chi connectivity index (χ2v) is 5.83. The van der Waals surface area contributed by atoms with Gasteiger partial charge >= 0.3 is 12.0 Å². The third-order valence-electron chi connectivity index (χ3n) is 3.51. The number of aliphatic carboxylic acids is 1. The Morgan fingerprint density at radius 1 is 1.65 bits per heavy atom. The molecule has 1 saturated heterocycles. The van der Waals surface area contributed by atoms with Crippen LogP contribution in [0.3, 0.4) is 0 Å². The summed E-state index contributed by atoms with van der Waals surface area (Å²) in [7, 11) is 0. The summed E-state index contributed by atoms with van der Waals surface area (Å²) in [4.78, 5) is 29.1. The van der Waals surface area contributed by atoms with Gasteiger partial charge in [0.05, 0.1) is 12.0 Å². The maximum atomic E-state index is 12.2. The highest BCUT2D eigenvalue weighted by Gasteiger charge is 2.29. The van der Waals surface area contributed by atoms with Gasteiger partial charge in [0, 0.05) is 24.7 Å². The van der Waals surface area contributed by atoms with Crippen molar-refractivity contribution in [3.8, 4) is 0 Å². The Morgan fingerprint density at radius 3 is 3.05 bits per heavy atom. The van der Waals surface area contributed by atoms with Crippen molar-refractivity contribution in [3.05, 3.63) is 16.6 Å². The average Bonchev–Trinajstić information content (AvgIpc) is 2.98. The second-order valence-electron chi connectivity index (χ2n) is 4.90. The van der Waals surface area contributed by atoms with Crippen LogP contribution >= 0.6 is 11.3 Å². The number of carbonyl (C=O) groups is 2. The van der Waals surface area contributed by atoms with Crippen molar-refractivity contribution in [2.24, 2.45) is 5.92 Å². The number of likely N-dealkylation sites (tertiary alicyclic amines) is 1. The molecule has 2 atom stereocenters. The van der Waals surface area contributed by atoms with Gasteiger partial charge < -0.3 is 15.3 Å². The number of hydrogen-bond acceptors (Lipinski definition) is 4. The fraction of sp³-hybridized carbons (Fsp3) is 0.615. The number of carbonyl (C=O) groups excluding carboxylic acids is 1. The lowest BCUT2D eigenvalue weighted by atomic mass is 9.99. The number of amides is 2. The van der Waals surface area contributed by atoms with E-state index in [4.69, 9.17) is 5.11 Å². The summed E-state index contributed by atoms with van der Waals surface area (Å²) in [6, 6.07) is -0.300. The van der Waals surface area contributed by atoms with E-state index in [0.717, 1.165) is 17.8 Å². The number of rotatable bonds is 4. The number of aromatic nitrogens is 1. The van der Waals surface area contributed by atoms with Crippen molar-refractivity contribution < 1.29 is 14.7 Å². The molecule has 2 rings (SSSR count). The van der Waals surface area contributed by atoms with Crippen LogP contribution in [0.15, 0.2) is 11.6 Å². The first-order chi connectivity index (χ1) is 9.61. The number of thiazole rings is 1. The largest absolute Gasteiger partial charge is 0.481 e. The Morgan fingerprint density at radius 2 is 2.45 bits per heavy atom. The van der Waals surface area contributed by atoms with Gasteiger partial charge in [0.25, 0.3) is 0 Å². The molecule has 6 nitrogen and oxygen atoms in total. The molecule has 1 unspecified atom stereocenters. The number of hydrogen-bond donors (Lipinski definition) is 2. The van der Waals surface area contributed by atoms with Crippen LogP contribution in [0.4, 0.5) is 4.79 Å². The number of piperidine rings is 1. The van der Waals surface area contributed by atoms with E-state index in [1.807, 2.05) is 12.3 Å². The van der Waals surface area contributed by atoms with Crippen molar-refractivity contribution in [2.45, 2.75) is 32.2 Å². The van der Waals surface area contributed by atoms with Crippen LogP contribution in [0.5, 0.6) is 0 Å². The summed E-state index contributed by atoms with van der Waals surface area (Å²) in [6.45, 7) is 2.89. The van der Waals surface area contributed by atoms with E-state index in [2.05, 4.69) is 10.3 Å².